The van der Waals surface area contributed by atoms with Gasteiger partial charge in [0.1, 0.15) is 0 Å². The minimum Gasteiger partial charge on any atom is -0.352 e. The second kappa shape index (κ2) is 7.67. The zero-order valence-corrected chi connectivity index (χ0v) is 15.0. The molecular weight excluding hydrogens is 352 g/mol. The minimum atomic E-state index is -3.38. The first-order valence-corrected chi connectivity index (χ1v) is 9.49. The van der Waals surface area contributed by atoms with Gasteiger partial charge in [0.15, 0.2) is 0 Å². The number of anilines is 1. The lowest BCUT2D eigenvalue weighted by atomic mass is 10.2. The van der Waals surface area contributed by atoms with E-state index in [1.165, 1.54) is 19.2 Å². The molecule has 0 aliphatic heterocycles. The van der Waals surface area contributed by atoms with E-state index in [1.54, 1.807) is 18.6 Å². The van der Waals surface area contributed by atoms with Crippen molar-refractivity contribution < 1.29 is 13.2 Å². The van der Waals surface area contributed by atoms with Crippen LogP contribution in [0, 0.1) is 0 Å². The molecule has 0 atom stereocenters. The van der Waals surface area contributed by atoms with Crippen LogP contribution in [0.3, 0.4) is 0 Å². The van der Waals surface area contributed by atoms with E-state index in [1.807, 2.05) is 10.8 Å². The molecule has 0 fully saturated rings. The molecule has 2 rings (SSSR count). The van der Waals surface area contributed by atoms with Gasteiger partial charge in [0.05, 0.1) is 28.9 Å². The Morgan fingerprint density at radius 1 is 1.42 bits per heavy atom. The number of benzene rings is 1. The third-order valence-electron chi connectivity index (χ3n) is 3.50. The number of carbonyl (C=O) groups excluding carboxylic acids is 1. The maximum absolute atomic E-state index is 12.2. The highest BCUT2D eigenvalue weighted by Crippen LogP contribution is 2.24. The van der Waals surface area contributed by atoms with Crippen molar-refractivity contribution in [2.45, 2.75) is 13.0 Å². The van der Waals surface area contributed by atoms with Crippen LogP contribution in [0.15, 0.2) is 36.9 Å². The van der Waals surface area contributed by atoms with Crippen LogP contribution in [-0.4, -0.2) is 43.7 Å². The Morgan fingerprint density at radius 3 is 2.75 bits per heavy atom. The number of halogens is 1. The number of aromatic nitrogens is 2. The molecule has 0 radical (unpaired) electrons. The summed E-state index contributed by atoms with van der Waals surface area (Å²) in [6.07, 6.45) is 7.13. The summed E-state index contributed by atoms with van der Waals surface area (Å²) in [5.74, 6) is -0.292. The average molecular weight is 371 g/mol. The van der Waals surface area contributed by atoms with Crippen molar-refractivity contribution in [2.24, 2.45) is 0 Å². The van der Waals surface area contributed by atoms with Gasteiger partial charge in [-0.1, -0.05) is 11.6 Å². The largest absolute Gasteiger partial charge is 0.352 e. The van der Waals surface area contributed by atoms with E-state index in [-0.39, 0.29) is 10.9 Å². The molecule has 0 saturated carbocycles. The molecule has 0 aliphatic carbocycles. The summed E-state index contributed by atoms with van der Waals surface area (Å²) in [5, 5.41) is 3.00. The number of amides is 1. The molecule has 1 amide bonds. The van der Waals surface area contributed by atoms with Gasteiger partial charge >= 0.3 is 0 Å². The van der Waals surface area contributed by atoms with Crippen molar-refractivity contribution in [3.05, 3.63) is 47.5 Å². The standard InChI is InChI=1S/C15H19ClN4O3S/c1-19(24(2,22)23)12-4-5-13(14(16)10-12)15(21)18-6-3-8-20-9-7-17-11-20/h4-5,7,9-11H,3,6,8H2,1-2H3,(H,18,21). The smallest absolute Gasteiger partial charge is 0.252 e. The number of rotatable bonds is 7. The molecule has 1 heterocycles. The van der Waals surface area contributed by atoms with E-state index in [0.29, 0.717) is 17.8 Å². The number of hydrogen-bond donors (Lipinski definition) is 1. The van der Waals surface area contributed by atoms with E-state index in [2.05, 4.69) is 10.3 Å². The van der Waals surface area contributed by atoms with E-state index in [4.69, 9.17) is 11.6 Å². The lowest BCUT2D eigenvalue weighted by Crippen LogP contribution is -2.26. The quantitative estimate of drug-likeness (QED) is 0.752. The van der Waals surface area contributed by atoms with Gasteiger partial charge in [-0.25, -0.2) is 13.4 Å². The maximum atomic E-state index is 12.2. The first kappa shape index (κ1) is 18.3. The summed E-state index contributed by atoms with van der Waals surface area (Å²) in [4.78, 5) is 16.1. The first-order chi connectivity index (χ1) is 11.3. The van der Waals surface area contributed by atoms with Gasteiger partial charge in [-0.05, 0) is 24.6 Å². The van der Waals surface area contributed by atoms with Crippen molar-refractivity contribution in [1.29, 1.82) is 0 Å². The zero-order valence-electron chi connectivity index (χ0n) is 13.4. The second-order valence-electron chi connectivity index (χ2n) is 5.30. The molecule has 0 spiro atoms. The van der Waals surface area contributed by atoms with E-state index in [9.17, 15) is 13.2 Å². The third kappa shape index (κ3) is 4.72. The van der Waals surface area contributed by atoms with Gasteiger partial charge in [0.2, 0.25) is 10.0 Å². The Bertz CT molecular complexity index is 806. The van der Waals surface area contributed by atoms with Gasteiger partial charge in [-0.15, -0.1) is 0 Å². The normalized spacial score (nSPS) is 11.3. The molecule has 24 heavy (non-hydrogen) atoms. The van der Waals surface area contributed by atoms with Gasteiger partial charge in [0, 0.05) is 32.5 Å². The first-order valence-electron chi connectivity index (χ1n) is 7.26. The number of aryl methyl sites for hydroxylation is 1. The molecule has 1 aromatic heterocycles. The number of nitrogens with zero attached hydrogens (tertiary/aromatic N) is 3. The van der Waals surface area contributed by atoms with Crippen LogP contribution < -0.4 is 9.62 Å². The number of sulfonamides is 1. The highest BCUT2D eigenvalue weighted by molar-refractivity contribution is 7.92. The fourth-order valence-corrected chi connectivity index (χ4v) is 2.81. The summed E-state index contributed by atoms with van der Waals surface area (Å²) >= 11 is 6.12. The Morgan fingerprint density at radius 2 is 2.17 bits per heavy atom. The predicted molar refractivity (Wildman–Crippen MR) is 93.9 cm³/mol. The van der Waals surface area contributed by atoms with Crippen LogP contribution >= 0.6 is 11.6 Å². The van der Waals surface area contributed by atoms with Crippen LogP contribution in [0.1, 0.15) is 16.8 Å². The SMILES string of the molecule is CN(c1ccc(C(=O)NCCCn2ccnc2)c(Cl)c1)S(C)(=O)=O. The van der Waals surface area contributed by atoms with Gasteiger partial charge < -0.3 is 9.88 Å². The summed E-state index contributed by atoms with van der Waals surface area (Å²) < 4.78 is 26.1. The molecule has 0 aliphatic rings. The summed E-state index contributed by atoms with van der Waals surface area (Å²) in [5.41, 5.74) is 0.712. The Hall–Kier alpha value is -2.06. The highest BCUT2D eigenvalue weighted by atomic mass is 35.5. The summed E-state index contributed by atoms with van der Waals surface area (Å²) in [7, 11) is -1.95. The van der Waals surface area contributed by atoms with Crippen molar-refractivity contribution in [1.82, 2.24) is 14.9 Å². The van der Waals surface area contributed by atoms with Gasteiger partial charge in [-0.3, -0.25) is 9.10 Å². The maximum Gasteiger partial charge on any atom is 0.252 e. The van der Waals surface area contributed by atoms with Crippen molar-refractivity contribution in [3.63, 3.8) is 0 Å². The molecule has 0 saturated heterocycles. The fourth-order valence-electron chi connectivity index (χ4n) is 2.05. The zero-order chi connectivity index (χ0) is 17.7. The molecule has 1 N–H and O–H groups in total. The number of carbonyl (C=O) groups is 1. The monoisotopic (exact) mass is 370 g/mol. The van der Waals surface area contributed by atoms with E-state index >= 15 is 0 Å². The molecule has 1 aromatic carbocycles. The topological polar surface area (TPSA) is 84.3 Å². The number of imidazole rings is 1. The lowest BCUT2D eigenvalue weighted by molar-refractivity contribution is 0.0953. The lowest BCUT2D eigenvalue weighted by Gasteiger charge is -2.17. The molecule has 2 aromatic rings. The minimum absolute atomic E-state index is 0.204. The summed E-state index contributed by atoms with van der Waals surface area (Å²) in [6.45, 7) is 1.25. The third-order valence-corrected chi connectivity index (χ3v) is 5.01. The molecule has 0 unspecified atom stereocenters. The molecule has 130 valence electrons. The highest BCUT2D eigenvalue weighted by Gasteiger charge is 2.16. The Balaban J connectivity index is 1.94. The summed E-state index contributed by atoms with van der Waals surface area (Å²) in [6, 6.07) is 4.53. The number of nitrogens with one attached hydrogen (secondary N) is 1. The van der Waals surface area contributed by atoms with Crippen LogP contribution in [-0.2, 0) is 16.6 Å². The van der Waals surface area contributed by atoms with Crippen LogP contribution in [0.4, 0.5) is 5.69 Å². The molecule has 7 nitrogen and oxygen atoms in total. The molecular formula is C15H19ClN4O3S. The number of hydrogen-bond acceptors (Lipinski definition) is 4. The molecule has 0 bridgehead atoms. The van der Waals surface area contributed by atoms with Gasteiger partial charge in [0.25, 0.3) is 5.91 Å². The van der Waals surface area contributed by atoms with Crippen LogP contribution in [0.25, 0.3) is 0 Å². The predicted octanol–water partition coefficient (Wildman–Crippen LogP) is 1.75. The van der Waals surface area contributed by atoms with Crippen molar-refractivity contribution >= 4 is 33.2 Å². The second-order valence-corrected chi connectivity index (χ2v) is 7.73. The fraction of sp³-hybridized carbons (Fsp3) is 0.333. The Labute approximate surface area is 146 Å². The van der Waals surface area contributed by atoms with Crippen LogP contribution in [0.2, 0.25) is 5.02 Å². The van der Waals surface area contributed by atoms with E-state index in [0.717, 1.165) is 23.5 Å². The molecule has 9 heteroatoms. The van der Waals surface area contributed by atoms with E-state index < -0.39 is 10.0 Å². The average Bonchev–Trinajstić information content (AvgIpc) is 3.03. The van der Waals surface area contributed by atoms with Gasteiger partial charge in [-0.2, -0.15) is 0 Å². The van der Waals surface area contributed by atoms with Crippen LogP contribution in [0.5, 0.6) is 0 Å². The van der Waals surface area contributed by atoms with Crippen molar-refractivity contribution in [3.8, 4) is 0 Å². The Kier molecular flexibility index (Phi) is 5.84. The van der Waals surface area contributed by atoms with Crippen molar-refractivity contribution in [2.75, 3.05) is 24.2 Å².